The highest BCUT2D eigenvalue weighted by molar-refractivity contribution is 5.77. The predicted molar refractivity (Wildman–Crippen MR) is 36.4 cm³/mol. The van der Waals surface area contributed by atoms with E-state index in [0.717, 1.165) is 0 Å². The first kappa shape index (κ1) is 11.8. The first-order valence-electron chi connectivity index (χ1n) is 2.66. The minimum atomic E-state index is -0.968. The van der Waals surface area contributed by atoms with Crippen molar-refractivity contribution in [1.82, 2.24) is 0 Å². The summed E-state index contributed by atoms with van der Waals surface area (Å²) in [5.41, 5.74) is 9.39. The number of carbonyl (C=O) groups is 2. The highest BCUT2D eigenvalue weighted by atomic mass is 16.4. The van der Waals surface area contributed by atoms with Gasteiger partial charge in [-0.15, -0.1) is 0 Å². The Morgan fingerprint density at radius 3 is 1.50 bits per heavy atom. The van der Waals surface area contributed by atoms with E-state index in [-0.39, 0.29) is 18.9 Å². The van der Waals surface area contributed by atoms with Crippen LogP contribution in [0.5, 0.6) is 0 Å². The van der Waals surface area contributed by atoms with Crippen molar-refractivity contribution in [2.24, 2.45) is 11.5 Å². The topological polar surface area (TPSA) is 106 Å². The van der Waals surface area contributed by atoms with Crippen LogP contribution in [0.1, 0.15) is 6.92 Å². The molecule has 0 aromatic heterocycles. The monoisotopic (exact) mass is 148 g/mol. The molecule has 0 fully saturated rings. The molecule has 60 valence electrons. The van der Waals surface area contributed by atoms with Crippen LogP contribution in [-0.2, 0) is 9.59 Å². The average Bonchev–Trinajstić information content (AvgIpc) is 1.89. The quantitative estimate of drug-likeness (QED) is 0.444. The number of Topliss-reactive ketones (excluding diaryl/α,β-unsaturated/α-hetero) is 1. The highest BCUT2D eigenvalue weighted by Gasteiger charge is 1.81. The lowest BCUT2D eigenvalue weighted by atomic mass is 10.5. The van der Waals surface area contributed by atoms with Crippen LogP contribution in [0.25, 0.3) is 0 Å². The van der Waals surface area contributed by atoms with Gasteiger partial charge in [-0.05, 0) is 6.92 Å². The Labute approximate surface area is 59.0 Å². The number of nitrogens with two attached hydrogens (primary N) is 2. The maximum Gasteiger partial charge on any atom is 0.317 e. The van der Waals surface area contributed by atoms with Crippen LogP contribution in [0, 0.1) is 0 Å². The Kier molecular flexibility index (Phi) is 9.52. The molecule has 0 aliphatic rings. The van der Waals surface area contributed by atoms with Gasteiger partial charge in [0.05, 0.1) is 13.1 Å². The van der Waals surface area contributed by atoms with Crippen LogP contribution >= 0.6 is 0 Å². The van der Waals surface area contributed by atoms with E-state index >= 15 is 0 Å². The van der Waals surface area contributed by atoms with E-state index in [4.69, 9.17) is 10.8 Å². The van der Waals surface area contributed by atoms with Crippen LogP contribution in [0.4, 0.5) is 0 Å². The van der Waals surface area contributed by atoms with Crippen LogP contribution in [0.15, 0.2) is 0 Å². The van der Waals surface area contributed by atoms with E-state index in [9.17, 15) is 9.59 Å². The van der Waals surface area contributed by atoms with Crippen LogP contribution < -0.4 is 11.5 Å². The standard InChI is InChI=1S/C3H7NO.C2H5NO2/c1-3(5)2-4;3-1-2(4)5/h2,4H2,1H3;1,3H2,(H,4,5). The molecular weight excluding hydrogens is 136 g/mol. The van der Waals surface area contributed by atoms with Crippen molar-refractivity contribution in [3.05, 3.63) is 0 Å². The van der Waals surface area contributed by atoms with Gasteiger partial charge in [0.25, 0.3) is 0 Å². The van der Waals surface area contributed by atoms with Crippen molar-refractivity contribution in [2.45, 2.75) is 6.92 Å². The molecule has 10 heavy (non-hydrogen) atoms. The second-order valence-electron chi connectivity index (χ2n) is 1.50. The molecule has 0 rings (SSSR count). The van der Waals surface area contributed by atoms with Gasteiger partial charge in [-0.1, -0.05) is 0 Å². The smallest absolute Gasteiger partial charge is 0.317 e. The molecule has 0 saturated heterocycles. The second kappa shape index (κ2) is 8.06. The zero-order valence-corrected chi connectivity index (χ0v) is 5.83. The van der Waals surface area contributed by atoms with Gasteiger partial charge in [0.2, 0.25) is 0 Å². The zero-order chi connectivity index (χ0) is 8.57. The Morgan fingerprint density at radius 2 is 1.50 bits per heavy atom. The van der Waals surface area contributed by atoms with Gasteiger partial charge < -0.3 is 16.6 Å². The lowest BCUT2D eigenvalue weighted by molar-refractivity contribution is -0.135. The molecule has 0 bridgehead atoms. The summed E-state index contributed by atoms with van der Waals surface area (Å²) in [6.07, 6.45) is 0. The van der Waals surface area contributed by atoms with Crippen molar-refractivity contribution < 1.29 is 14.7 Å². The molecule has 0 aliphatic carbocycles. The highest BCUT2D eigenvalue weighted by Crippen LogP contribution is 1.51. The molecule has 0 aromatic rings. The van der Waals surface area contributed by atoms with Gasteiger partial charge in [-0.2, -0.15) is 0 Å². The summed E-state index contributed by atoms with van der Waals surface area (Å²) in [7, 11) is 0. The molecule has 0 heterocycles. The number of rotatable bonds is 2. The largest absolute Gasteiger partial charge is 0.480 e. The molecule has 0 atom stereocenters. The van der Waals surface area contributed by atoms with E-state index in [1.807, 2.05) is 0 Å². The lowest BCUT2D eigenvalue weighted by Crippen LogP contribution is -2.10. The third-order valence-corrected chi connectivity index (χ3v) is 0.462. The number of carboxylic acid groups (broad SMARTS) is 1. The molecule has 0 radical (unpaired) electrons. The van der Waals surface area contributed by atoms with E-state index < -0.39 is 5.97 Å². The van der Waals surface area contributed by atoms with E-state index in [1.54, 1.807) is 0 Å². The Balaban J connectivity index is 0. The van der Waals surface area contributed by atoms with Gasteiger partial charge in [-0.3, -0.25) is 9.59 Å². The molecule has 0 aromatic carbocycles. The Morgan fingerprint density at radius 1 is 1.30 bits per heavy atom. The number of hydrogen-bond donors (Lipinski definition) is 3. The van der Waals surface area contributed by atoms with Crippen molar-refractivity contribution >= 4 is 11.8 Å². The summed E-state index contributed by atoms with van der Waals surface area (Å²) < 4.78 is 0. The summed E-state index contributed by atoms with van der Waals surface area (Å²) in [4.78, 5) is 18.9. The van der Waals surface area contributed by atoms with Gasteiger partial charge in [-0.25, -0.2) is 0 Å². The van der Waals surface area contributed by atoms with Gasteiger partial charge in [0, 0.05) is 0 Å². The number of carboxylic acids is 1. The normalized spacial score (nSPS) is 7.50. The number of hydrogen-bond acceptors (Lipinski definition) is 4. The molecule has 0 amide bonds. The number of aliphatic carboxylic acids is 1. The second-order valence-corrected chi connectivity index (χ2v) is 1.50. The van der Waals surface area contributed by atoms with Gasteiger partial charge in [0.15, 0.2) is 0 Å². The third-order valence-electron chi connectivity index (χ3n) is 0.462. The van der Waals surface area contributed by atoms with E-state index in [1.165, 1.54) is 6.92 Å². The van der Waals surface area contributed by atoms with Crippen molar-refractivity contribution in [3.63, 3.8) is 0 Å². The fourth-order valence-electron chi connectivity index (χ4n) is 0. The molecular formula is C5H12N2O3. The fourth-order valence-corrected chi connectivity index (χ4v) is 0. The third kappa shape index (κ3) is 27.7. The van der Waals surface area contributed by atoms with E-state index in [0.29, 0.717) is 0 Å². The number of carbonyl (C=O) groups excluding carboxylic acids is 1. The summed E-state index contributed by atoms with van der Waals surface area (Å²) in [5, 5.41) is 7.60. The number of ketones is 1. The molecule has 0 unspecified atom stereocenters. The van der Waals surface area contributed by atoms with Crippen molar-refractivity contribution in [3.8, 4) is 0 Å². The molecule has 5 N–H and O–H groups in total. The maximum absolute atomic E-state index is 9.69. The average molecular weight is 148 g/mol. The molecule has 0 aliphatic heterocycles. The minimum Gasteiger partial charge on any atom is -0.480 e. The maximum atomic E-state index is 9.69. The van der Waals surface area contributed by atoms with Crippen LogP contribution in [-0.4, -0.2) is 29.9 Å². The van der Waals surface area contributed by atoms with Crippen molar-refractivity contribution in [2.75, 3.05) is 13.1 Å². The lowest BCUT2D eigenvalue weighted by Gasteiger charge is -1.73. The molecule has 0 saturated carbocycles. The Hall–Kier alpha value is -0.940. The summed E-state index contributed by atoms with van der Waals surface area (Å²) in [6, 6.07) is 0. The van der Waals surface area contributed by atoms with Crippen LogP contribution in [0.2, 0.25) is 0 Å². The van der Waals surface area contributed by atoms with Gasteiger partial charge in [0.1, 0.15) is 5.78 Å². The zero-order valence-electron chi connectivity index (χ0n) is 5.83. The van der Waals surface area contributed by atoms with Crippen molar-refractivity contribution in [1.29, 1.82) is 0 Å². The fraction of sp³-hybridized carbons (Fsp3) is 0.600. The molecule has 0 spiro atoms. The van der Waals surface area contributed by atoms with Gasteiger partial charge >= 0.3 is 5.97 Å². The molecule has 5 heteroatoms. The predicted octanol–water partition coefficient (Wildman–Crippen LogP) is -1.44. The van der Waals surface area contributed by atoms with Crippen LogP contribution in [0.3, 0.4) is 0 Å². The van der Waals surface area contributed by atoms with E-state index in [2.05, 4.69) is 5.73 Å². The minimum absolute atomic E-state index is 0.0324. The first-order chi connectivity index (χ1) is 4.54. The first-order valence-corrected chi connectivity index (χ1v) is 2.66. The summed E-state index contributed by atoms with van der Waals surface area (Å²) in [5.74, 6) is -0.935. The Bertz CT molecular complexity index is 99.5. The summed E-state index contributed by atoms with van der Waals surface area (Å²) >= 11 is 0. The summed E-state index contributed by atoms with van der Waals surface area (Å²) in [6.45, 7) is 1.35. The SMILES string of the molecule is CC(=O)CN.NCC(=O)O. The molecule has 5 nitrogen and oxygen atoms in total.